The molecule has 5 nitrogen and oxygen atoms in total. The van der Waals surface area contributed by atoms with Crippen LogP contribution in [0.4, 0.5) is 9.18 Å². The highest BCUT2D eigenvalue weighted by Crippen LogP contribution is 2.45. The fraction of sp³-hybridized carbons (Fsp3) is 0.316. The number of amides is 1. The Labute approximate surface area is 145 Å². The van der Waals surface area contributed by atoms with Crippen LogP contribution in [0.3, 0.4) is 0 Å². The van der Waals surface area contributed by atoms with E-state index in [2.05, 4.69) is 5.32 Å². The number of hydrogen-bond acceptors (Lipinski definition) is 3. The largest absolute Gasteiger partial charge is 0.497 e. The molecule has 2 N–H and O–H groups in total. The molecule has 0 spiro atoms. The van der Waals surface area contributed by atoms with Crippen molar-refractivity contribution in [3.8, 4) is 22.6 Å². The maximum Gasteiger partial charge on any atom is 0.405 e. The molecule has 1 unspecified atom stereocenters. The van der Waals surface area contributed by atoms with Crippen molar-refractivity contribution in [1.82, 2.24) is 5.32 Å². The molecule has 0 aliphatic carbocycles. The highest BCUT2D eigenvalue weighted by molar-refractivity contribution is 5.70. The van der Waals surface area contributed by atoms with Gasteiger partial charge in [-0.1, -0.05) is 26.0 Å². The van der Waals surface area contributed by atoms with E-state index in [-0.39, 0.29) is 0 Å². The van der Waals surface area contributed by atoms with E-state index in [0.29, 0.717) is 34.8 Å². The Kier molecular flexibility index (Phi) is 4.29. The summed E-state index contributed by atoms with van der Waals surface area (Å²) in [7, 11) is 1.55. The van der Waals surface area contributed by atoms with E-state index in [0.717, 1.165) is 0 Å². The molecule has 2 aromatic rings. The summed E-state index contributed by atoms with van der Waals surface area (Å²) in [5, 5.41) is 11.6. The molecule has 25 heavy (non-hydrogen) atoms. The lowest BCUT2D eigenvalue weighted by Gasteiger charge is -2.39. The zero-order valence-electron chi connectivity index (χ0n) is 14.3. The van der Waals surface area contributed by atoms with Gasteiger partial charge in [-0.15, -0.1) is 0 Å². The lowest BCUT2D eigenvalue weighted by Crippen LogP contribution is -2.43. The van der Waals surface area contributed by atoms with Gasteiger partial charge in [0.05, 0.1) is 19.8 Å². The SMILES string of the molecule is COc1cccc(-c2cc3c(cc2F)C(NC(=O)O)C(C)(C)CO3)c1. The maximum absolute atomic E-state index is 14.8. The Balaban J connectivity index is 2.08. The van der Waals surface area contributed by atoms with Gasteiger partial charge in [0.2, 0.25) is 0 Å². The Morgan fingerprint density at radius 2 is 2.12 bits per heavy atom. The van der Waals surface area contributed by atoms with Crippen molar-refractivity contribution in [2.24, 2.45) is 5.41 Å². The van der Waals surface area contributed by atoms with Crippen molar-refractivity contribution < 1.29 is 23.8 Å². The van der Waals surface area contributed by atoms with Crippen LogP contribution in [0.1, 0.15) is 25.5 Å². The summed E-state index contributed by atoms with van der Waals surface area (Å²) >= 11 is 0. The zero-order valence-corrected chi connectivity index (χ0v) is 14.3. The molecule has 2 aromatic carbocycles. The maximum atomic E-state index is 14.8. The number of halogens is 1. The van der Waals surface area contributed by atoms with E-state index in [9.17, 15) is 9.18 Å². The van der Waals surface area contributed by atoms with Gasteiger partial charge in [0, 0.05) is 16.5 Å². The number of carbonyl (C=O) groups is 1. The van der Waals surface area contributed by atoms with Gasteiger partial charge in [0.25, 0.3) is 0 Å². The minimum absolute atomic E-state index is 0.328. The standard InChI is InChI=1S/C19H20FNO4/c1-19(2)10-25-16-9-13(11-5-4-6-12(7-11)24-3)15(20)8-14(16)17(19)21-18(22)23/h4-9,17,21H,10H2,1-3H3,(H,22,23). The van der Waals surface area contributed by atoms with Crippen LogP contribution in [0.15, 0.2) is 36.4 Å². The average molecular weight is 345 g/mol. The number of benzene rings is 2. The van der Waals surface area contributed by atoms with Crippen LogP contribution >= 0.6 is 0 Å². The van der Waals surface area contributed by atoms with Crippen LogP contribution in [0.5, 0.6) is 11.5 Å². The quantitative estimate of drug-likeness (QED) is 0.874. The Hall–Kier alpha value is -2.76. The van der Waals surface area contributed by atoms with E-state index >= 15 is 0 Å². The first-order valence-electron chi connectivity index (χ1n) is 7.92. The molecule has 1 amide bonds. The molecule has 6 heteroatoms. The third-order valence-corrected chi connectivity index (χ3v) is 4.44. The molecule has 0 saturated carbocycles. The molecule has 3 rings (SSSR count). The minimum atomic E-state index is -1.15. The number of ether oxygens (including phenoxy) is 2. The third-order valence-electron chi connectivity index (χ3n) is 4.44. The molecular weight excluding hydrogens is 325 g/mol. The van der Waals surface area contributed by atoms with Gasteiger partial charge < -0.3 is 19.9 Å². The van der Waals surface area contributed by atoms with Crippen molar-refractivity contribution in [3.63, 3.8) is 0 Å². The summed E-state index contributed by atoms with van der Waals surface area (Å²) in [6.07, 6.45) is -1.15. The monoisotopic (exact) mass is 345 g/mol. The highest BCUT2D eigenvalue weighted by Gasteiger charge is 2.39. The van der Waals surface area contributed by atoms with Crippen LogP contribution in [0, 0.1) is 11.2 Å². The Morgan fingerprint density at radius 1 is 1.36 bits per heavy atom. The fourth-order valence-corrected chi connectivity index (χ4v) is 3.10. The lowest BCUT2D eigenvalue weighted by atomic mass is 9.78. The van der Waals surface area contributed by atoms with Crippen molar-refractivity contribution in [2.45, 2.75) is 19.9 Å². The van der Waals surface area contributed by atoms with E-state index < -0.39 is 23.4 Å². The number of nitrogens with one attached hydrogen (secondary N) is 1. The predicted octanol–water partition coefficient (Wildman–Crippen LogP) is 4.23. The van der Waals surface area contributed by atoms with Gasteiger partial charge in [-0.3, -0.25) is 0 Å². The van der Waals surface area contributed by atoms with Gasteiger partial charge in [-0.05, 0) is 29.8 Å². The van der Waals surface area contributed by atoms with Crippen LogP contribution in [0.25, 0.3) is 11.1 Å². The molecule has 0 radical (unpaired) electrons. The van der Waals surface area contributed by atoms with E-state index in [1.807, 2.05) is 13.8 Å². The van der Waals surface area contributed by atoms with Crippen molar-refractivity contribution in [2.75, 3.05) is 13.7 Å². The molecule has 0 bridgehead atoms. The van der Waals surface area contributed by atoms with Gasteiger partial charge in [0.15, 0.2) is 0 Å². The van der Waals surface area contributed by atoms with Crippen molar-refractivity contribution in [1.29, 1.82) is 0 Å². The van der Waals surface area contributed by atoms with Crippen molar-refractivity contribution in [3.05, 3.63) is 47.8 Å². The third kappa shape index (κ3) is 3.24. The molecule has 132 valence electrons. The van der Waals surface area contributed by atoms with Gasteiger partial charge in [0.1, 0.15) is 17.3 Å². The first-order valence-corrected chi connectivity index (χ1v) is 7.92. The number of methoxy groups -OCH3 is 1. The molecule has 1 aliphatic rings. The van der Waals surface area contributed by atoms with E-state index in [4.69, 9.17) is 14.6 Å². The average Bonchev–Trinajstić information content (AvgIpc) is 2.57. The van der Waals surface area contributed by atoms with E-state index in [1.165, 1.54) is 6.07 Å². The number of carboxylic acid groups (broad SMARTS) is 1. The second-order valence-corrected chi connectivity index (χ2v) is 6.76. The minimum Gasteiger partial charge on any atom is -0.497 e. The molecule has 0 fully saturated rings. The van der Waals surface area contributed by atoms with Crippen LogP contribution < -0.4 is 14.8 Å². The summed E-state index contributed by atoms with van der Waals surface area (Å²) in [4.78, 5) is 11.1. The fourth-order valence-electron chi connectivity index (χ4n) is 3.10. The second kappa shape index (κ2) is 6.27. The topological polar surface area (TPSA) is 67.8 Å². The smallest absolute Gasteiger partial charge is 0.405 e. The Bertz CT molecular complexity index is 819. The first kappa shape index (κ1) is 17.1. The molecular formula is C19H20FNO4. The molecule has 0 saturated heterocycles. The summed E-state index contributed by atoms with van der Waals surface area (Å²) < 4.78 is 25.8. The van der Waals surface area contributed by atoms with Gasteiger partial charge >= 0.3 is 6.09 Å². The summed E-state index contributed by atoms with van der Waals surface area (Å²) in [6.45, 7) is 4.09. The number of hydrogen-bond donors (Lipinski definition) is 2. The lowest BCUT2D eigenvalue weighted by molar-refractivity contribution is 0.0992. The van der Waals surface area contributed by atoms with Crippen LogP contribution in [0.2, 0.25) is 0 Å². The molecule has 1 aliphatic heterocycles. The van der Waals surface area contributed by atoms with Crippen molar-refractivity contribution >= 4 is 6.09 Å². The number of fused-ring (bicyclic) bond motifs is 1. The predicted molar refractivity (Wildman–Crippen MR) is 91.6 cm³/mol. The molecule has 1 heterocycles. The number of rotatable bonds is 3. The Morgan fingerprint density at radius 3 is 2.80 bits per heavy atom. The van der Waals surface area contributed by atoms with Gasteiger partial charge in [-0.25, -0.2) is 9.18 Å². The molecule has 0 aromatic heterocycles. The summed E-state index contributed by atoms with van der Waals surface area (Å²) in [6, 6.07) is 9.51. The molecule has 1 atom stereocenters. The highest BCUT2D eigenvalue weighted by atomic mass is 19.1. The zero-order chi connectivity index (χ0) is 18.2. The second-order valence-electron chi connectivity index (χ2n) is 6.76. The summed E-state index contributed by atoms with van der Waals surface area (Å²) in [5.74, 6) is 0.671. The first-order chi connectivity index (χ1) is 11.8. The van der Waals surface area contributed by atoms with E-state index in [1.54, 1.807) is 37.4 Å². The van der Waals surface area contributed by atoms with Gasteiger partial charge in [-0.2, -0.15) is 0 Å². The van der Waals surface area contributed by atoms with Crippen LogP contribution in [-0.4, -0.2) is 24.9 Å². The van der Waals surface area contributed by atoms with Crippen LogP contribution in [-0.2, 0) is 0 Å². The summed E-state index contributed by atoms with van der Waals surface area (Å²) in [5.41, 5.74) is 1.06. The normalized spacial score (nSPS) is 18.0.